The lowest BCUT2D eigenvalue weighted by atomic mass is 10.3. The van der Waals surface area contributed by atoms with Gasteiger partial charge in [-0.05, 0) is 12.1 Å². The van der Waals surface area contributed by atoms with Gasteiger partial charge in [-0.15, -0.1) is 10.2 Å². The number of carbonyl (C=O) groups excluding carboxylic acids is 1. The van der Waals surface area contributed by atoms with E-state index in [1.54, 1.807) is 6.92 Å². The Kier molecular flexibility index (Phi) is 3.11. The summed E-state index contributed by atoms with van der Waals surface area (Å²) in [6.45, 7) is 1.99. The lowest BCUT2D eigenvalue weighted by Crippen LogP contribution is -2.04. The number of nitrogens with zero attached hydrogens (tertiary/aromatic N) is 4. The molecule has 0 radical (unpaired) electrons. The van der Waals surface area contributed by atoms with E-state index in [0.29, 0.717) is 0 Å². The van der Waals surface area contributed by atoms with Gasteiger partial charge in [-0.1, -0.05) is 22.9 Å². The minimum Gasteiger partial charge on any atom is -0.462 e. The van der Waals surface area contributed by atoms with Gasteiger partial charge in [0, 0.05) is 0 Å². The minimum atomic E-state index is -0.494. The van der Waals surface area contributed by atoms with Crippen LogP contribution in [0.5, 0.6) is 0 Å². The van der Waals surface area contributed by atoms with Crippen LogP contribution in [0.2, 0.25) is 4.47 Å². The van der Waals surface area contributed by atoms with Gasteiger partial charge in [0.2, 0.25) is 5.82 Å². The van der Waals surface area contributed by atoms with Crippen molar-refractivity contribution in [2.75, 3.05) is 6.61 Å². The second-order valence-corrected chi connectivity index (χ2v) is 4.18. The number of rotatable bonds is 3. The Balaban J connectivity index is 2.42. The van der Waals surface area contributed by atoms with E-state index < -0.39 is 5.97 Å². The summed E-state index contributed by atoms with van der Waals surface area (Å²) in [4.78, 5) is 15.8. The first-order valence-electron chi connectivity index (χ1n) is 4.29. The van der Waals surface area contributed by atoms with E-state index >= 15 is 0 Å². The summed E-state index contributed by atoms with van der Waals surface area (Å²) in [6.07, 6.45) is 0. The molecule has 16 heavy (non-hydrogen) atoms. The summed E-state index contributed by atoms with van der Waals surface area (Å²) in [5.41, 5.74) is 0.280. The van der Waals surface area contributed by atoms with Crippen LogP contribution in [0.15, 0.2) is 0 Å². The number of tetrazole rings is 1. The van der Waals surface area contributed by atoms with Crippen molar-refractivity contribution in [1.82, 2.24) is 25.6 Å². The third kappa shape index (κ3) is 2.02. The molecule has 0 bridgehead atoms. The number of H-pyrrole nitrogens is 1. The number of ether oxygens (including phenoxy) is 1. The maximum Gasteiger partial charge on any atom is 0.350 e. The van der Waals surface area contributed by atoms with Crippen molar-refractivity contribution in [3.05, 3.63) is 9.34 Å². The second kappa shape index (κ2) is 4.54. The molecule has 0 aliphatic rings. The molecule has 0 unspecified atom stereocenters. The van der Waals surface area contributed by atoms with Crippen molar-refractivity contribution in [1.29, 1.82) is 0 Å². The SMILES string of the molecule is CCOC(=O)c1sc(Cl)nc1-c1nn[nH]n1. The normalized spacial score (nSPS) is 10.4. The van der Waals surface area contributed by atoms with Gasteiger partial charge in [0.25, 0.3) is 0 Å². The third-order valence-electron chi connectivity index (χ3n) is 1.62. The Morgan fingerprint density at radius 2 is 2.44 bits per heavy atom. The number of esters is 1. The lowest BCUT2D eigenvalue weighted by Gasteiger charge is -1.98. The Hall–Kier alpha value is -1.54. The number of hydrogen-bond acceptors (Lipinski definition) is 7. The Morgan fingerprint density at radius 3 is 3.06 bits per heavy atom. The highest BCUT2D eigenvalue weighted by molar-refractivity contribution is 7.17. The molecule has 0 aliphatic heterocycles. The molecule has 2 rings (SSSR count). The van der Waals surface area contributed by atoms with Crippen molar-refractivity contribution in [2.24, 2.45) is 0 Å². The number of nitrogens with one attached hydrogen (secondary N) is 1. The van der Waals surface area contributed by atoms with Crippen LogP contribution in [0.1, 0.15) is 16.6 Å². The number of hydrogen-bond donors (Lipinski definition) is 1. The molecule has 7 nitrogen and oxygen atoms in total. The average Bonchev–Trinajstić information content (AvgIpc) is 2.85. The number of aromatic nitrogens is 5. The van der Waals surface area contributed by atoms with Gasteiger partial charge in [0.05, 0.1) is 6.61 Å². The van der Waals surface area contributed by atoms with Crippen molar-refractivity contribution in [3.63, 3.8) is 0 Å². The van der Waals surface area contributed by atoms with Crippen molar-refractivity contribution < 1.29 is 9.53 Å². The molecule has 2 aromatic rings. The van der Waals surface area contributed by atoms with Gasteiger partial charge < -0.3 is 4.74 Å². The monoisotopic (exact) mass is 259 g/mol. The highest BCUT2D eigenvalue weighted by atomic mass is 35.5. The van der Waals surface area contributed by atoms with E-state index in [9.17, 15) is 4.79 Å². The molecular formula is C7H6ClN5O2S. The summed E-state index contributed by atoms with van der Waals surface area (Å²) in [5, 5.41) is 13.1. The highest BCUT2D eigenvalue weighted by Gasteiger charge is 2.22. The first-order valence-corrected chi connectivity index (χ1v) is 5.49. The van der Waals surface area contributed by atoms with Crippen molar-refractivity contribution >= 4 is 28.9 Å². The first-order chi connectivity index (χ1) is 7.72. The molecule has 0 amide bonds. The first kappa shape index (κ1) is 11.0. The number of halogens is 1. The molecule has 0 atom stereocenters. The Morgan fingerprint density at radius 1 is 1.62 bits per heavy atom. The van der Waals surface area contributed by atoms with Crippen LogP contribution in [-0.4, -0.2) is 38.2 Å². The molecule has 1 N–H and O–H groups in total. The molecule has 0 aliphatic carbocycles. The third-order valence-corrected chi connectivity index (χ3v) is 2.76. The molecular weight excluding hydrogens is 254 g/mol. The van der Waals surface area contributed by atoms with Gasteiger partial charge in [-0.2, -0.15) is 5.21 Å². The standard InChI is InChI=1S/C7H6ClN5O2S/c1-2-15-6(14)4-3(9-7(8)16-4)5-10-12-13-11-5/h2H2,1H3,(H,10,11,12,13). The van der Waals surface area contributed by atoms with Crippen molar-refractivity contribution in [3.8, 4) is 11.5 Å². The molecule has 0 aromatic carbocycles. The predicted molar refractivity (Wildman–Crippen MR) is 56.3 cm³/mol. The van der Waals surface area contributed by atoms with E-state index in [-0.39, 0.29) is 27.5 Å². The molecule has 0 saturated carbocycles. The molecule has 0 spiro atoms. The average molecular weight is 260 g/mol. The van der Waals surface area contributed by atoms with Gasteiger partial charge in [-0.25, -0.2) is 9.78 Å². The van der Waals surface area contributed by atoms with Crippen LogP contribution in [0.4, 0.5) is 0 Å². The van der Waals surface area contributed by atoms with Gasteiger partial charge >= 0.3 is 5.97 Å². The van der Waals surface area contributed by atoms with Gasteiger partial charge in [0.15, 0.2) is 4.47 Å². The van der Waals surface area contributed by atoms with E-state index in [0.717, 1.165) is 11.3 Å². The summed E-state index contributed by atoms with van der Waals surface area (Å²) >= 11 is 6.76. The van der Waals surface area contributed by atoms with Crippen LogP contribution in [-0.2, 0) is 4.74 Å². The van der Waals surface area contributed by atoms with E-state index in [1.165, 1.54) is 0 Å². The zero-order valence-electron chi connectivity index (χ0n) is 8.10. The smallest absolute Gasteiger partial charge is 0.350 e. The van der Waals surface area contributed by atoms with E-state index in [1.807, 2.05) is 0 Å². The fraction of sp³-hybridized carbons (Fsp3) is 0.286. The molecule has 2 heterocycles. The molecule has 0 fully saturated rings. The summed E-state index contributed by atoms with van der Waals surface area (Å²) in [6, 6.07) is 0. The number of carbonyl (C=O) groups is 1. The summed E-state index contributed by atoms with van der Waals surface area (Å²) in [5.74, 6) is -0.280. The fourth-order valence-electron chi connectivity index (χ4n) is 1.04. The molecule has 2 aromatic heterocycles. The van der Waals surface area contributed by atoms with E-state index in [2.05, 4.69) is 25.6 Å². The largest absolute Gasteiger partial charge is 0.462 e. The molecule has 9 heteroatoms. The quantitative estimate of drug-likeness (QED) is 0.831. The molecule has 84 valence electrons. The predicted octanol–water partition coefficient (Wildman–Crippen LogP) is 1.15. The van der Waals surface area contributed by atoms with Crippen LogP contribution < -0.4 is 0 Å². The number of thiazole rings is 1. The Labute approximate surface area is 98.8 Å². The van der Waals surface area contributed by atoms with Gasteiger partial charge in [0.1, 0.15) is 10.6 Å². The minimum absolute atomic E-state index is 0.214. The topological polar surface area (TPSA) is 93.6 Å². The fourth-order valence-corrected chi connectivity index (χ4v) is 2.04. The Bertz CT molecular complexity index is 497. The summed E-state index contributed by atoms with van der Waals surface area (Å²) < 4.78 is 5.09. The van der Waals surface area contributed by atoms with Crippen LogP contribution in [0, 0.1) is 0 Å². The molecule has 0 saturated heterocycles. The zero-order valence-corrected chi connectivity index (χ0v) is 9.67. The highest BCUT2D eigenvalue weighted by Crippen LogP contribution is 2.29. The van der Waals surface area contributed by atoms with Crippen molar-refractivity contribution in [2.45, 2.75) is 6.92 Å². The zero-order chi connectivity index (χ0) is 11.5. The lowest BCUT2D eigenvalue weighted by molar-refractivity contribution is 0.0532. The maximum absolute atomic E-state index is 11.6. The van der Waals surface area contributed by atoms with Gasteiger partial charge in [-0.3, -0.25) is 0 Å². The summed E-state index contributed by atoms with van der Waals surface area (Å²) in [7, 11) is 0. The second-order valence-electron chi connectivity index (χ2n) is 2.60. The van der Waals surface area contributed by atoms with Crippen LogP contribution >= 0.6 is 22.9 Å². The van der Waals surface area contributed by atoms with Crippen LogP contribution in [0.3, 0.4) is 0 Å². The number of aromatic amines is 1. The van der Waals surface area contributed by atoms with Crippen LogP contribution in [0.25, 0.3) is 11.5 Å². The van der Waals surface area contributed by atoms with E-state index in [4.69, 9.17) is 16.3 Å². The maximum atomic E-state index is 11.6.